The lowest BCUT2D eigenvalue weighted by molar-refractivity contribution is 0.630. The first-order chi connectivity index (χ1) is 7.18. The summed E-state index contributed by atoms with van der Waals surface area (Å²) in [5.74, 6) is -0.201. The van der Waals surface area contributed by atoms with Gasteiger partial charge in [-0.2, -0.15) is 0 Å². The molecule has 0 amide bonds. The van der Waals surface area contributed by atoms with E-state index in [9.17, 15) is 4.39 Å². The van der Waals surface area contributed by atoms with Crippen LogP contribution in [0.3, 0.4) is 0 Å². The molecule has 0 bridgehead atoms. The van der Waals surface area contributed by atoms with Gasteiger partial charge in [-0.25, -0.2) is 4.39 Å². The maximum atomic E-state index is 13.6. The number of hydrogen-bond donors (Lipinski definition) is 0. The van der Waals surface area contributed by atoms with E-state index >= 15 is 0 Å². The highest BCUT2D eigenvalue weighted by Crippen LogP contribution is 2.30. The summed E-state index contributed by atoms with van der Waals surface area (Å²) < 4.78 is 14.4. The molecule has 0 aliphatic heterocycles. The molecule has 0 N–H and O–H groups in total. The average molecular weight is 265 g/mol. The molecule has 0 nitrogen and oxygen atoms in total. The zero-order valence-corrected chi connectivity index (χ0v) is 9.88. The molecule has 15 heavy (non-hydrogen) atoms. The molecular weight excluding hydrogens is 255 g/mol. The summed E-state index contributed by atoms with van der Waals surface area (Å²) in [5.41, 5.74) is 2.69. The van der Waals surface area contributed by atoms with E-state index in [1.165, 1.54) is 11.6 Å². The van der Waals surface area contributed by atoms with Crippen LogP contribution in [0.15, 0.2) is 46.9 Å². The smallest absolute Gasteiger partial charge is 0.132 e. The lowest BCUT2D eigenvalue weighted by atomic mass is 10.0. The molecule has 2 heteroatoms. The van der Waals surface area contributed by atoms with Gasteiger partial charge < -0.3 is 0 Å². The van der Waals surface area contributed by atoms with Gasteiger partial charge in [-0.3, -0.25) is 0 Å². The van der Waals surface area contributed by atoms with E-state index < -0.39 is 0 Å². The molecule has 0 atom stereocenters. The highest BCUT2D eigenvalue weighted by Gasteiger charge is 2.07. The van der Waals surface area contributed by atoms with Crippen molar-refractivity contribution in [1.29, 1.82) is 0 Å². The van der Waals surface area contributed by atoms with Gasteiger partial charge in [-0.1, -0.05) is 51.8 Å². The van der Waals surface area contributed by atoms with Crippen molar-refractivity contribution in [2.24, 2.45) is 0 Å². The van der Waals surface area contributed by atoms with Crippen LogP contribution in [0, 0.1) is 12.7 Å². The minimum atomic E-state index is -0.201. The number of halogens is 2. The number of rotatable bonds is 1. The van der Waals surface area contributed by atoms with Crippen LogP contribution in [0.25, 0.3) is 11.1 Å². The van der Waals surface area contributed by atoms with Crippen LogP contribution >= 0.6 is 15.9 Å². The molecule has 0 spiro atoms. The number of hydrogen-bond acceptors (Lipinski definition) is 0. The normalized spacial score (nSPS) is 10.3. The van der Waals surface area contributed by atoms with Gasteiger partial charge in [0.15, 0.2) is 0 Å². The van der Waals surface area contributed by atoms with Gasteiger partial charge in [0, 0.05) is 10.0 Å². The van der Waals surface area contributed by atoms with Gasteiger partial charge >= 0.3 is 0 Å². The SMILES string of the molecule is Cc1ccc(-c2c(F)cccc2Br)cc1. The van der Waals surface area contributed by atoms with Crippen molar-refractivity contribution in [3.63, 3.8) is 0 Å². The molecule has 0 heterocycles. The van der Waals surface area contributed by atoms with Crippen LogP contribution in [-0.4, -0.2) is 0 Å². The van der Waals surface area contributed by atoms with Gasteiger partial charge in [-0.05, 0) is 24.6 Å². The quantitative estimate of drug-likeness (QED) is 0.708. The van der Waals surface area contributed by atoms with E-state index in [0.29, 0.717) is 5.56 Å². The zero-order chi connectivity index (χ0) is 10.8. The predicted octanol–water partition coefficient (Wildman–Crippen LogP) is 4.56. The second-order valence-corrected chi connectivity index (χ2v) is 4.32. The summed E-state index contributed by atoms with van der Waals surface area (Å²) in [5, 5.41) is 0. The van der Waals surface area contributed by atoms with Gasteiger partial charge in [0.2, 0.25) is 0 Å². The summed E-state index contributed by atoms with van der Waals surface area (Å²) in [6.45, 7) is 2.01. The van der Waals surface area contributed by atoms with Crippen LogP contribution < -0.4 is 0 Å². The molecule has 0 saturated heterocycles. The maximum absolute atomic E-state index is 13.6. The molecular formula is C13H10BrF. The van der Waals surface area contributed by atoms with Crippen molar-refractivity contribution in [3.8, 4) is 11.1 Å². The fraction of sp³-hybridized carbons (Fsp3) is 0.0769. The molecule has 0 radical (unpaired) electrons. The third-order valence-corrected chi connectivity index (χ3v) is 2.96. The number of aryl methyl sites for hydroxylation is 1. The summed E-state index contributed by atoms with van der Waals surface area (Å²) in [6, 6.07) is 12.8. The fourth-order valence-electron chi connectivity index (χ4n) is 1.49. The third-order valence-electron chi connectivity index (χ3n) is 2.30. The van der Waals surface area contributed by atoms with Crippen LogP contribution in [0.5, 0.6) is 0 Å². The van der Waals surface area contributed by atoms with Crippen molar-refractivity contribution in [2.75, 3.05) is 0 Å². The molecule has 0 unspecified atom stereocenters. The van der Waals surface area contributed by atoms with Crippen LogP contribution in [-0.2, 0) is 0 Å². The summed E-state index contributed by atoms with van der Waals surface area (Å²) in [6.07, 6.45) is 0. The Morgan fingerprint density at radius 1 is 1.00 bits per heavy atom. The molecule has 0 aliphatic carbocycles. The van der Waals surface area contributed by atoms with E-state index in [-0.39, 0.29) is 5.82 Å². The highest BCUT2D eigenvalue weighted by atomic mass is 79.9. The molecule has 0 saturated carbocycles. The first-order valence-electron chi connectivity index (χ1n) is 4.69. The Morgan fingerprint density at radius 2 is 1.67 bits per heavy atom. The Bertz CT molecular complexity index is 454. The monoisotopic (exact) mass is 264 g/mol. The van der Waals surface area contributed by atoms with Crippen molar-refractivity contribution in [3.05, 3.63) is 58.3 Å². The van der Waals surface area contributed by atoms with Crippen LogP contribution in [0.1, 0.15) is 5.56 Å². The Labute approximate surface area is 96.9 Å². The third kappa shape index (κ3) is 2.10. The van der Waals surface area contributed by atoms with Gasteiger partial charge in [-0.15, -0.1) is 0 Å². The highest BCUT2D eigenvalue weighted by molar-refractivity contribution is 9.10. The molecule has 0 aromatic heterocycles. The second kappa shape index (κ2) is 4.15. The second-order valence-electron chi connectivity index (χ2n) is 3.46. The summed E-state index contributed by atoms with van der Waals surface area (Å²) in [4.78, 5) is 0. The summed E-state index contributed by atoms with van der Waals surface area (Å²) in [7, 11) is 0. The molecule has 76 valence electrons. The molecule has 2 aromatic rings. The van der Waals surface area contributed by atoms with E-state index in [2.05, 4.69) is 15.9 Å². The minimum Gasteiger partial charge on any atom is -0.206 e. The first kappa shape index (κ1) is 10.4. The average Bonchev–Trinajstić information content (AvgIpc) is 2.20. The Hall–Kier alpha value is -1.15. The Kier molecular flexibility index (Phi) is 2.87. The lowest BCUT2D eigenvalue weighted by Gasteiger charge is -2.06. The number of benzene rings is 2. The lowest BCUT2D eigenvalue weighted by Crippen LogP contribution is -1.85. The van der Waals surface area contributed by atoms with Crippen LogP contribution in [0.2, 0.25) is 0 Å². The zero-order valence-electron chi connectivity index (χ0n) is 8.30. The molecule has 0 aliphatic rings. The molecule has 0 fully saturated rings. The Morgan fingerprint density at radius 3 is 2.27 bits per heavy atom. The standard InChI is InChI=1S/C13H10BrF/c1-9-5-7-10(8-6-9)13-11(14)3-2-4-12(13)15/h2-8H,1H3. The largest absolute Gasteiger partial charge is 0.206 e. The van der Waals surface area contributed by atoms with Gasteiger partial charge in [0.25, 0.3) is 0 Å². The maximum Gasteiger partial charge on any atom is 0.132 e. The summed E-state index contributed by atoms with van der Waals surface area (Å²) >= 11 is 3.36. The minimum absolute atomic E-state index is 0.201. The molecule has 2 rings (SSSR count). The van der Waals surface area contributed by atoms with Gasteiger partial charge in [0.05, 0.1) is 0 Å². The topological polar surface area (TPSA) is 0 Å². The fourth-order valence-corrected chi connectivity index (χ4v) is 2.06. The Balaban J connectivity index is 2.58. The van der Waals surface area contributed by atoms with Gasteiger partial charge in [0.1, 0.15) is 5.82 Å². The van der Waals surface area contributed by atoms with E-state index in [1.807, 2.05) is 37.3 Å². The van der Waals surface area contributed by atoms with Crippen molar-refractivity contribution < 1.29 is 4.39 Å². The first-order valence-corrected chi connectivity index (χ1v) is 5.49. The van der Waals surface area contributed by atoms with Crippen molar-refractivity contribution >= 4 is 15.9 Å². The molecule has 2 aromatic carbocycles. The van der Waals surface area contributed by atoms with E-state index in [0.717, 1.165) is 10.0 Å². The van der Waals surface area contributed by atoms with Crippen LogP contribution in [0.4, 0.5) is 4.39 Å². The van der Waals surface area contributed by atoms with Crippen molar-refractivity contribution in [1.82, 2.24) is 0 Å². The van der Waals surface area contributed by atoms with E-state index in [1.54, 1.807) is 6.07 Å². The predicted molar refractivity (Wildman–Crippen MR) is 64.3 cm³/mol. The van der Waals surface area contributed by atoms with E-state index in [4.69, 9.17) is 0 Å². The van der Waals surface area contributed by atoms with Crippen molar-refractivity contribution in [2.45, 2.75) is 6.92 Å².